The van der Waals surface area contributed by atoms with Crippen LogP contribution in [0.5, 0.6) is 0 Å². The maximum absolute atomic E-state index is 11.3. The van der Waals surface area contributed by atoms with Gasteiger partial charge in [0.25, 0.3) is 0 Å². The van der Waals surface area contributed by atoms with Gasteiger partial charge in [0.1, 0.15) is 12.2 Å². The molecule has 0 radical (unpaired) electrons. The van der Waals surface area contributed by atoms with E-state index in [2.05, 4.69) is 9.47 Å². The van der Waals surface area contributed by atoms with Crippen molar-refractivity contribution in [1.29, 1.82) is 0 Å². The van der Waals surface area contributed by atoms with Gasteiger partial charge >= 0.3 is 17.9 Å². The third-order valence-corrected chi connectivity index (χ3v) is 2.57. The normalized spacial score (nSPS) is 18.2. The molecule has 0 aliphatic carbocycles. The summed E-state index contributed by atoms with van der Waals surface area (Å²) in [5.74, 6) is -4.88. The summed E-state index contributed by atoms with van der Waals surface area (Å²) in [5.41, 5.74) is 0. The van der Waals surface area contributed by atoms with E-state index in [-0.39, 0.29) is 6.42 Å². The molecule has 0 bridgehead atoms. The van der Waals surface area contributed by atoms with Crippen LogP contribution in [0, 0.1) is 0 Å². The first kappa shape index (κ1) is 19.8. The zero-order chi connectivity index (χ0) is 16.6. The fourth-order valence-corrected chi connectivity index (χ4v) is 1.40. The van der Waals surface area contributed by atoms with E-state index in [1.165, 1.54) is 0 Å². The van der Waals surface area contributed by atoms with Gasteiger partial charge in [-0.05, 0) is 33.6 Å². The number of ether oxygens (including phenoxy) is 2. The van der Waals surface area contributed by atoms with E-state index >= 15 is 0 Å². The van der Waals surface area contributed by atoms with Crippen LogP contribution in [0.4, 0.5) is 0 Å². The van der Waals surface area contributed by atoms with Crippen molar-refractivity contribution in [1.82, 2.24) is 0 Å². The van der Waals surface area contributed by atoms with Gasteiger partial charge in [0.15, 0.2) is 0 Å². The molecule has 3 unspecified atom stereocenters. The van der Waals surface area contributed by atoms with Crippen molar-refractivity contribution >= 4 is 11.9 Å². The molecule has 0 spiro atoms. The predicted molar refractivity (Wildman–Crippen MR) is 70.6 cm³/mol. The lowest BCUT2D eigenvalue weighted by Gasteiger charge is -2.28. The topological polar surface area (TPSA) is 134 Å². The van der Waals surface area contributed by atoms with Crippen LogP contribution >= 0.6 is 0 Å². The SMILES string of the molecule is CC(O)CCCCC(O)(OC(=O)C(C)O)OC(=O)C(C)O. The molecule has 0 aliphatic heterocycles. The van der Waals surface area contributed by atoms with E-state index < -0.39 is 36.2 Å². The van der Waals surface area contributed by atoms with Crippen molar-refractivity contribution < 1.29 is 39.5 Å². The first-order chi connectivity index (χ1) is 9.57. The number of aliphatic hydroxyl groups is 4. The van der Waals surface area contributed by atoms with Crippen molar-refractivity contribution in [2.24, 2.45) is 0 Å². The van der Waals surface area contributed by atoms with Gasteiger partial charge in [-0.3, -0.25) is 0 Å². The van der Waals surface area contributed by atoms with Crippen LogP contribution in [0.1, 0.15) is 46.5 Å². The Morgan fingerprint density at radius 2 is 1.38 bits per heavy atom. The molecule has 0 saturated carbocycles. The molecule has 0 amide bonds. The van der Waals surface area contributed by atoms with Crippen LogP contribution in [0.3, 0.4) is 0 Å². The lowest BCUT2D eigenvalue weighted by Crippen LogP contribution is -2.44. The Kier molecular flexibility index (Phi) is 8.41. The third-order valence-electron chi connectivity index (χ3n) is 2.57. The minimum atomic E-state index is -2.55. The highest BCUT2D eigenvalue weighted by atomic mass is 16.8. The molecule has 0 aromatic heterocycles. The number of hydrogen-bond donors (Lipinski definition) is 4. The summed E-state index contributed by atoms with van der Waals surface area (Å²) >= 11 is 0. The maximum Gasteiger partial charge on any atom is 0.373 e. The first-order valence-electron chi connectivity index (χ1n) is 6.79. The number of hydrogen-bond acceptors (Lipinski definition) is 8. The second-order valence-electron chi connectivity index (χ2n) is 5.00. The minimum Gasteiger partial charge on any atom is -0.396 e. The average molecular weight is 308 g/mol. The molecule has 0 aromatic carbocycles. The number of carbonyl (C=O) groups excluding carboxylic acids is 2. The van der Waals surface area contributed by atoms with Crippen molar-refractivity contribution in [2.45, 2.75) is 70.7 Å². The Morgan fingerprint density at radius 3 is 1.71 bits per heavy atom. The zero-order valence-corrected chi connectivity index (χ0v) is 12.5. The van der Waals surface area contributed by atoms with Gasteiger partial charge in [-0.1, -0.05) is 6.42 Å². The Hall–Kier alpha value is -1.22. The molecule has 21 heavy (non-hydrogen) atoms. The molecule has 124 valence electrons. The number of aliphatic hydroxyl groups excluding tert-OH is 3. The minimum absolute atomic E-state index is 0.239. The fourth-order valence-electron chi connectivity index (χ4n) is 1.40. The summed E-state index contributed by atoms with van der Waals surface area (Å²) in [6.45, 7) is 3.87. The molecule has 0 heterocycles. The monoisotopic (exact) mass is 308 g/mol. The second-order valence-corrected chi connectivity index (χ2v) is 5.00. The number of unbranched alkanes of at least 4 members (excludes halogenated alkanes) is 1. The first-order valence-corrected chi connectivity index (χ1v) is 6.79. The Labute approximate surface area is 123 Å². The highest BCUT2D eigenvalue weighted by molar-refractivity contribution is 5.76. The average Bonchev–Trinajstić information content (AvgIpc) is 2.34. The van der Waals surface area contributed by atoms with E-state index in [4.69, 9.17) is 15.3 Å². The van der Waals surface area contributed by atoms with Crippen LogP contribution in [0.2, 0.25) is 0 Å². The van der Waals surface area contributed by atoms with Gasteiger partial charge in [0.05, 0.1) is 12.5 Å². The number of rotatable bonds is 9. The molecular formula is C13H24O8. The quantitative estimate of drug-likeness (QED) is 0.252. The number of esters is 2. The van der Waals surface area contributed by atoms with E-state index in [0.29, 0.717) is 19.3 Å². The van der Waals surface area contributed by atoms with Gasteiger partial charge in [-0.2, -0.15) is 0 Å². The van der Waals surface area contributed by atoms with Gasteiger partial charge in [-0.15, -0.1) is 0 Å². The molecule has 3 atom stereocenters. The smallest absolute Gasteiger partial charge is 0.373 e. The highest BCUT2D eigenvalue weighted by Gasteiger charge is 2.38. The molecule has 0 fully saturated rings. The third kappa shape index (κ3) is 8.61. The maximum atomic E-state index is 11.3. The van der Waals surface area contributed by atoms with Crippen LogP contribution in [0.25, 0.3) is 0 Å². The lowest BCUT2D eigenvalue weighted by molar-refractivity contribution is -0.332. The van der Waals surface area contributed by atoms with Crippen molar-refractivity contribution in [3.05, 3.63) is 0 Å². The van der Waals surface area contributed by atoms with E-state index in [9.17, 15) is 14.7 Å². The van der Waals surface area contributed by atoms with Crippen molar-refractivity contribution in [3.63, 3.8) is 0 Å². The second kappa shape index (κ2) is 8.93. The van der Waals surface area contributed by atoms with Crippen molar-refractivity contribution in [3.8, 4) is 0 Å². The molecule has 0 aromatic rings. The van der Waals surface area contributed by atoms with Gasteiger partial charge < -0.3 is 29.9 Å². The van der Waals surface area contributed by atoms with Crippen LogP contribution < -0.4 is 0 Å². The zero-order valence-electron chi connectivity index (χ0n) is 12.5. The fraction of sp³-hybridized carbons (Fsp3) is 0.846. The van der Waals surface area contributed by atoms with Gasteiger partial charge in [-0.25, -0.2) is 9.59 Å². The van der Waals surface area contributed by atoms with Crippen LogP contribution in [-0.4, -0.2) is 56.6 Å². The Balaban J connectivity index is 4.66. The van der Waals surface area contributed by atoms with E-state index in [1.54, 1.807) is 6.92 Å². The summed E-state index contributed by atoms with van der Waals surface area (Å²) in [6, 6.07) is 0. The summed E-state index contributed by atoms with van der Waals surface area (Å²) in [6.07, 6.45) is -2.50. The lowest BCUT2D eigenvalue weighted by atomic mass is 10.1. The molecule has 0 rings (SSSR count). The van der Waals surface area contributed by atoms with E-state index in [0.717, 1.165) is 13.8 Å². The molecule has 8 nitrogen and oxygen atoms in total. The standard InChI is InChI=1S/C13H24O8/c1-8(14)6-4-5-7-13(19,20-11(17)9(2)15)21-12(18)10(3)16/h8-10,14-16,19H,4-7H2,1-3H3. The van der Waals surface area contributed by atoms with Gasteiger partial charge in [0, 0.05) is 0 Å². The Bertz CT molecular complexity index is 315. The predicted octanol–water partition coefficient (Wildman–Crippen LogP) is -0.578. The van der Waals surface area contributed by atoms with Gasteiger partial charge in [0.2, 0.25) is 0 Å². The molecule has 0 saturated heterocycles. The Morgan fingerprint density at radius 1 is 0.952 bits per heavy atom. The van der Waals surface area contributed by atoms with Crippen LogP contribution in [0.15, 0.2) is 0 Å². The van der Waals surface area contributed by atoms with Crippen LogP contribution in [-0.2, 0) is 19.1 Å². The molecule has 4 N–H and O–H groups in total. The van der Waals surface area contributed by atoms with Crippen molar-refractivity contribution in [2.75, 3.05) is 0 Å². The largest absolute Gasteiger partial charge is 0.396 e. The molecule has 0 aliphatic rings. The number of carbonyl (C=O) groups is 2. The van der Waals surface area contributed by atoms with E-state index in [1.807, 2.05) is 0 Å². The molecule has 8 heteroatoms. The highest BCUT2D eigenvalue weighted by Crippen LogP contribution is 2.21. The summed E-state index contributed by atoms with van der Waals surface area (Å²) < 4.78 is 9.15. The summed E-state index contributed by atoms with van der Waals surface area (Å²) in [5, 5.41) is 37.3. The summed E-state index contributed by atoms with van der Waals surface area (Å²) in [7, 11) is 0. The molecular weight excluding hydrogens is 284 g/mol. The summed E-state index contributed by atoms with van der Waals surface area (Å²) in [4.78, 5) is 22.6.